The van der Waals surface area contributed by atoms with E-state index in [1.165, 1.54) is 24.6 Å². The van der Waals surface area contributed by atoms with Crippen LogP contribution < -0.4 is 9.47 Å². The van der Waals surface area contributed by atoms with Crippen LogP contribution in [0.3, 0.4) is 0 Å². The van der Waals surface area contributed by atoms with Gasteiger partial charge in [-0.25, -0.2) is 8.78 Å². The predicted octanol–water partition coefficient (Wildman–Crippen LogP) is 9.28. The average Bonchev–Trinajstić information content (AvgIpc) is 2.91. The van der Waals surface area contributed by atoms with Crippen molar-refractivity contribution in [3.8, 4) is 33.8 Å². The highest BCUT2D eigenvalue weighted by molar-refractivity contribution is 5.66. The average molecular weight is 505 g/mol. The molecule has 0 saturated heterocycles. The number of aryl methyl sites for hydroxylation is 1. The zero-order chi connectivity index (χ0) is 26.2. The molecule has 0 aliphatic carbocycles. The summed E-state index contributed by atoms with van der Waals surface area (Å²) in [5.41, 5.74) is 3.74. The number of hydrogen-bond donors (Lipinski definition) is 0. The molecule has 0 aliphatic rings. The van der Waals surface area contributed by atoms with E-state index in [0.717, 1.165) is 30.4 Å². The van der Waals surface area contributed by atoms with Gasteiger partial charge in [-0.1, -0.05) is 80.3 Å². The topological polar surface area (TPSA) is 18.5 Å². The van der Waals surface area contributed by atoms with Crippen LogP contribution in [0, 0.1) is 24.4 Å². The van der Waals surface area contributed by atoms with Gasteiger partial charge in [0.25, 0.3) is 0 Å². The van der Waals surface area contributed by atoms with E-state index in [2.05, 4.69) is 6.92 Å². The Bertz CT molecular complexity index is 1320. The van der Waals surface area contributed by atoms with E-state index < -0.39 is 11.6 Å². The van der Waals surface area contributed by atoms with Crippen molar-refractivity contribution in [2.45, 2.75) is 46.1 Å². The van der Waals surface area contributed by atoms with Gasteiger partial charge in [-0.05, 0) is 54.3 Å². The van der Waals surface area contributed by atoms with Crippen LogP contribution >= 0.6 is 0 Å². The monoisotopic (exact) mass is 504 g/mol. The lowest BCUT2D eigenvalue weighted by Crippen LogP contribution is -2.00. The summed E-state index contributed by atoms with van der Waals surface area (Å²) in [6.45, 7) is 4.71. The Morgan fingerprint density at radius 2 is 1.32 bits per heavy atom. The molecule has 0 heterocycles. The molecular formula is C32H31F3O2. The molecule has 0 radical (unpaired) electrons. The first-order valence-corrected chi connectivity index (χ1v) is 12.7. The summed E-state index contributed by atoms with van der Waals surface area (Å²) in [6, 6.07) is 22.2. The van der Waals surface area contributed by atoms with E-state index in [1.54, 1.807) is 48.5 Å². The molecule has 37 heavy (non-hydrogen) atoms. The third-order valence-corrected chi connectivity index (χ3v) is 6.28. The molecule has 0 atom stereocenters. The molecule has 0 fully saturated rings. The quantitative estimate of drug-likeness (QED) is 0.190. The van der Waals surface area contributed by atoms with Gasteiger partial charge < -0.3 is 9.47 Å². The van der Waals surface area contributed by atoms with E-state index >= 15 is 0 Å². The molecule has 0 amide bonds. The minimum Gasteiger partial charge on any atom is -0.493 e. The zero-order valence-electron chi connectivity index (χ0n) is 21.2. The first kappa shape index (κ1) is 26.3. The molecule has 4 aromatic rings. The summed E-state index contributed by atoms with van der Waals surface area (Å²) in [6.07, 6.45) is 4.39. The number of rotatable bonds is 11. The normalized spacial score (nSPS) is 10.9. The lowest BCUT2D eigenvalue weighted by Gasteiger charge is -2.12. The first-order valence-electron chi connectivity index (χ1n) is 12.7. The first-order chi connectivity index (χ1) is 18.0. The number of unbranched alkanes of at least 4 members (excludes halogenated alkanes) is 3. The van der Waals surface area contributed by atoms with Crippen molar-refractivity contribution in [2.24, 2.45) is 0 Å². The van der Waals surface area contributed by atoms with Gasteiger partial charge in [-0.15, -0.1) is 0 Å². The van der Waals surface area contributed by atoms with Crippen molar-refractivity contribution < 1.29 is 22.6 Å². The largest absolute Gasteiger partial charge is 0.493 e. The van der Waals surface area contributed by atoms with E-state index in [4.69, 9.17) is 9.47 Å². The van der Waals surface area contributed by atoms with Gasteiger partial charge in [0.05, 0.1) is 6.61 Å². The lowest BCUT2D eigenvalue weighted by molar-refractivity contribution is 0.285. The van der Waals surface area contributed by atoms with Gasteiger partial charge in [0.2, 0.25) is 5.82 Å². The highest BCUT2D eigenvalue weighted by Crippen LogP contribution is 2.31. The second kappa shape index (κ2) is 12.5. The summed E-state index contributed by atoms with van der Waals surface area (Å²) in [5, 5.41) is 0. The van der Waals surface area contributed by atoms with Crippen LogP contribution in [0.25, 0.3) is 22.3 Å². The van der Waals surface area contributed by atoms with Gasteiger partial charge >= 0.3 is 0 Å². The summed E-state index contributed by atoms with van der Waals surface area (Å²) < 4.78 is 55.3. The Morgan fingerprint density at radius 1 is 0.649 bits per heavy atom. The van der Waals surface area contributed by atoms with E-state index in [0.29, 0.717) is 29.0 Å². The summed E-state index contributed by atoms with van der Waals surface area (Å²) in [4.78, 5) is 0. The van der Waals surface area contributed by atoms with Gasteiger partial charge in [0.15, 0.2) is 11.6 Å². The molecule has 0 N–H and O–H groups in total. The minimum absolute atomic E-state index is 0.0494. The molecule has 2 nitrogen and oxygen atoms in total. The number of halogens is 3. The second-order valence-corrected chi connectivity index (χ2v) is 9.14. The van der Waals surface area contributed by atoms with Crippen LogP contribution in [0.15, 0.2) is 78.9 Å². The third-order valence-electron chi connectivity index (χ3n) is 6.28. The van der Waals surface area contributed by atoms with Crippen molar-refractivity contribution in [1.29, 1.82) is 0 Å². The Morgan fingerprint density at radius 3 is 2.03 bits per heavy atom. The van der Waals surface area contributed by atoms with Crippen LogP contribution in [-0.4, -0.2) is 6.61 Å². The standard InChI is InChI=1S/C32H31F3O2/c1-3-4-5-6-19-36-26-15-16-27(29(33)20-26)24-13-9-23(10-14-24)21-37-30-18-17-28(31(34)32(30)35)25-11-7-22(2)8-12-25/h7-18,20H,3-6,19,21H2,1-2H3. The molecule has 0 aromatic heterocycles. The summed E-state index contributed by atoms with van der Waals surface area (Å²) >= 11 is 0. The second-order valence-electron chi connectivity index (χ2n) is 9.14. The van der Waals surface area contributed by atoms with Crippen LogP contribution in [0.2, 0.25) is 0 Å². The molecule has 5 heteroatoms. The Hall–Kier alpha value is -3.73. The van der Waals surface area contributed by atoms with Crippen molar-refractivity contribution in [2.75, 3.05) is 6.61 Å². The van der Waals surface area contributed by atoms with Gasteiger partial charge in [0, 0.05) is 17.2 Å². The predicted molar refractivity (Wildman–Crippen MR) is 142 cm³/mol. The van der Waals surface area contributed by atoms with Gasteiger partial charge in [-0.2, -0.15) is 4.39 Å². The molecule has 0 saturated carbocycles. The minimum atomic E-state index is -1.02. The van der Waals surface area contributed by atoms with Crippen molar-refractivity contribution in [3.05, 3.63) is 107 Å². The van der Waals surface area contributed by atoms with E-state index in [1.807, 2.05) is 19.1 Å². The highest BCUT2D eigenvalue weighted by Gasteiger charge is 2.16. The fourth-order valence-corrected chi connectivity index (χ4v) is 4.08. The van der Waals surface area contributed by atoms with Gasteiger partial charge in [-0.3, -0.25) is 0 Å². The number of hydrogen-bond acceptors (Lipinski definition) is 2. The summed E-state index contributed by atoms with van der Waals surface area (Å²) in [5.74, 6) is -1.97. The Kier molecular flexibility index (Phi) is 8.89. The van der Waals surface area contributed by atoms with E-state index in [-0.39, 0.29) is 23.7 Å². The Labute approximate surface area is 216 Å². The SMILES string of the molecule is CCCCCCOc1ccc(-c2ccc(COc3ccc(-c4ccc(C)cc4)c(F)c3F)cc2)c(F)c1. The Balaban J connectivity index is 1.37. The molecule has 0 aliphatic heterocycles. The maximum absolute atomic E-state index is 14.7. The van der Waals surface area contributed by atoms with Crippen molar-refractivity contribution in [3.63, 3.8) is 0 Å². The molecular weight excluding hydrogens is 473 g/mol. The zero-order valence-corrected chi connectivity index (χ0v) is 21.2. The highest BCUT2D eigenvalue weighted by atomic mass is 19.2. The molecule has 4 aromatic carbocycles. The van der Waals surface area contributed by atoms with Crippen LogP contribution in [0.5, 0.6) is 11.5 Å². The van der Waals surface area contributed by atoms with Crippen LogP contribution in [0.4, 0.5) is 13.2 Å². The maximum Gasteiger partial charge on any atom is 0.201 e. The lowest BCUT2D eigenvalue weighted by atomic mass is 10.0. The summed E-state index contributed by atoms with van der Waals surface area (Å²) in [7, 11) is 0. The van der Waals surface area contributed by atoms with Gasteiger partial charge in [0.1, 0.15) is 18.2 Å². The fraction of sp³-hybridized carbons (Fsp3) is 0.250. The van der Waals surface area contributed by atoms with Crippen molar-refractivity contribution in [1.82, 2.24) is 0 Å². The fourth-order valence-electron chi connectivity index (χ4n) is 4.08. The smallest absolute Gasteiger partial charge is 0.201 e. The molecule has 192 valence electrons. The van der Waals surface area contributed by atoms with Crippen molar-refractivity contribution >= 4 is 0 Å². The van der Waals surface area contributed by atoms with Crippen LogP contribution in [0.1, 0.15) is 43.7 Å². The molecule has 0 bridgehead atoms. The third kappa shape index (κ3) is 6.73. The molecule has 4 rings (SSSR count). The number of benzene rings is 4. The van der Waals surface area contributed by atoms with E-state index in [9.17, 15) is 13.2 Å². The molecule has 0 unspecified atom stereocenters. The maximum atomic E-state index is 14.7. The van der Waals surface area contributed by atoms with Crippen LogP contribution in [-0.2, 0) is 6.61 Å². The number of ether oxygens (including phenoxy) is 2. The molecule has 0 spiro atoms.